The Kier molecular flexibility index (Phi) is 6.45. The van der Waals surface area contributed by atoms with Crippen LogP contribution in [0.2, 0.25) is 0 Å². The molecular weight excluding hydrogens is 364 g/mol. The van der Waals surface area contributed by atoms with Gasteiger partial charge in [-0.15, -0.1) is 0 Å². The molecule has 5 heteroatoms. The fourth-order valence-electron chi connectivity index (χ4n) is 3.88. The summed E-state index contributed by atoms with van der Waals surface area (Å²) in [7, 11) is 1.57. The Labute approximate surface area is 173 Å². The molecular formula is C24H30N2O3. The smallest absolute Gasteiger partial charge is 0.255 e. The van der Waals surface area contributed by atoms with Gasteiger partial charge in [-0.1, -0.05) is 24.3 Å². The molecule has 1 aromatic carbocycles. The van der Waals surface area contributed by atoms with Crippen LogP contribution < -0.4 is 4.74 Å². The zero-order chi connectivity index (χ0) is 20.1. The zero-order valence-corrected chi connectivity index (χ0v) is 17.2. The van der Waals surface area contributed by atoms with Crippen molar-refractivity contribution in [1.82, 2.24) is 9.88 Å². The summed E-state index contributed by atoms with van der Waals surface area (Å²) in [5.74, 6) is 2.04. The van der Waals surface area contributed by atoms with Crippen molar-refractivity contribution in [3.8, 4) is 5.88 Å². The Balaban J connectivity index is 1.22. The van der Waals surface area contributed by atoms with Crippen LogP contribution in [-0.2, 0) is 17.8 Å². The van der Waals surface area contributed by atoms with Gasteiger partial charge >= 0.3 is 0 Å². The maximum Gasteiger partial charge on any atom is 0.255 e. The van der Waals surface area contributed by atoms with Crippen LogP contribution in [-0.4, -0.2) is 42.6 Å². The Morgan fingerprint density at radius 1 is 1.00 bits per heavy atom. The first-order valence-electron chi connectivity index (χ1n) is 10.7. The van der Waals surface area contributed by atoms with E-state index >= 15 is 0 Å². The maximum absolute atomic E-state index is 12.7. The largest absolute Gasteiger partial charge is 0.481 e. The van der Waals surface area contributed by atoms with Crippen LogP contribution in [0.15, 0.2) is 42.6 Å². The van der Waals surface area contributed by atoms with Crippen molar-refractivity contribution in [2.75, 3.05) is 26.8 Å². The summed E-state index contributed by atoms with van der Waals surface area (Å²) in [6.45, 7) is 3.24. The van der Waals surface area contributed by atoms with E-state index < -0.39 is 0 Å². The first kappa shape index (κ1) is 19.9. The number of methoxy groups -OCH3 is 1. The standard InChI is InChI=1S/C24H30N2O3/c1-28-23-9-8-22(15-25-23)24(27)26-12-10-19(11-13-26)14-18-2-4-20(5-3-18)16-29-17-21-6-7-21/h2-5,8-9,15,19,21H,6-7,10-14,16-17H2,1H3. The number of amides is 1. The molecule has 0 N–H and O–H groups in total. The number of likely N-dealkylation sites (tertiary alicyclic amines) is 1. The molecule has 0 radical (unpaired) electrons. The molecule has 1 aliphatic heterocycles. The van der Waals surface area contributed by atoms with Gasteiger partial charge in [0.25, 0.3) is 5.91 Å². The average molecular weight is 395 g/mol. The third-order valence-electron chi connectivity index (χ3n) is 5.96. The number of nitrogens with zero attached hydrogens (tertiary/aromatic N) is 2. The molecule has 29 heavy (non-hydrogen) atoms. The first-order valence-corrected chi connectivity index (χ1v) is 10.7. The van der Waals surface area contributed by atoms with Crippen LogP contribution in [0, 0.1) is 11.8 Å². The minimum atomic E-state index is 0.0640. The molecule has 1 saturated heterocycles. The molecule has 154 valence electrons. The summed E-state index contributed by atoms with van der Waals surface area (Å²) in [6.07, 6.45) is 7.43. The van der Waals surface area contributed by atoms with Crippen molar-refractivity contribution in [2.24, 2.45) is 11.8 Å². The summed E-state index contributed by atoms with van der Waals surface area (Å²) in [6, 6.07) is 12.4. The lowest BCUT2D eigenvalue weighted by atomic mass is 9.89. The quantitative estimate of drug-likeness (QED) is 0.676. The molecule has 2 heterocycles. The van der Waals surface area contributed by atoms with E-state index in [1.54, 1.807) is 25.4 Å². The number of pyridine rings is 1. The fraction of sp³-hybridized carbons (Fsp3) is 0.500. The normalized spacial score (nSPS) is 17.3. The van der Waals surface area contributed by atoms with Crippen molar-refractivity contribution < 1.29 is 14.3 Å². The monoisotopic (exact) mass is 394 g/mol. The van der Waals surface area contributed by atoms with Crippen LogP contribution in [0.4, 0.5) is 0 Å². The summed E-state index contributed by atoms with van der Waals surface area (Å²) < 4.78 is 10.8. The highest BCUT2D eigenvalue weighted by Gasteiger charge is 2.24. The summed E-state index contributed by atoms with van der Waals surface area (Å²) in [5.41, 5.74) is 3.26. The van der Waals surface area contributed by atoms with Crippen molar-refractivity contribution in [3.63, 3.8) is 0 Å². The molecule has 0 unspecified atom stereocenters. The van der Waals surface area contributed by atoms with Crippen molar-refractivity contribution in [1.29, 1.82) is 0 Å². The maximum atomic E-state index is 12.7. The lowest BCUT2D eigenvalue weighted by Gasteiger charge is -2.32. The van der Waals surface area contributed by atoms with Crippen LogP contribution in [0.5, 0.6) is 5.88 Å². The van der Waals surface area contributed by atoms with Crippen LogP contribution in [0.25, 0.3) is 0 Å². The molecule has 1 aromatic heterocycles. The number of aromatic nitrogens is 1. The average Bonchev–Trinajstić information content (AvgIpc) is 3.60. The fourth-order valence-corrected chi connectivity index (χ4v) is 3.88. The number of ether oxygens (including phenoxy) is 2. The molecule has 1 aliphatic carbocycles. The molecule has 0 bridgehead atoms. The van der Waals surface area contributed by atoms with E-state index in [4.69, 9.17) is 9.47 Å². The van der Waals surface area contributed by atoms with Gasteiger partial charge in [-0.2, -0.15) is 0 Å². The van der Waals surface area contributed by atoms with E-state index in [0.29, 0.717) is 17.4 Å². The zero-order valence-electron chi connectivity index (χ0n) is 17.2. The summed E-state index contributed by atoms with van der Waals surface area (Å²) >= 11 is 0. The number of carbonyl (C=O) groups is 1. The first-order chi connectivity index (χ1) is 14.2. The highest BCUT2D eigenvalue weighted by atomic mass is 16.5. The topological polar surface area (TPSA) is 51.7 Å². The van der Waals surface area contributed by atoms with Crippen LogP contribution >= 0.6 is 0 Å². The Bertz CT molecular complexity index is 792. The minimum Gasteiger partial charge on any atom is -0.481 e. The highest BCUT2D eigenvalue weighted by molar-refractivity contribution is 5.94. The van der Waals surface area contributed by atoms with Gasteiger partial charge in [0.15, 0.2) is 0 Å². The molecule has 2 aliphatic rings. The van der Waals surface area contributed by atoms with Gasteiger partial charge < -0.3 is 14.4 Å². The van der Waals surface area contributed by atoms with Crippen molar-refractivity contribution >= 4 is 5.91 Å². The summed E-state index contributed by atoms with van der Waals surface area (Å²) in [5, 5.41) is 0. The molecule has 2 fully saturated rings. The number of rotatable bonds is 8. The lowest BCUT2D eigenvalue weighted by Crippen LogP contribution is -2.38. The van der Waals surface area contributed by atoms with Crippen LogP contribution in [0.3, 0.4) is 0 Å². The second-order valence-electron chi connectivity index (χ2n) is 8.30. The number of hydrogen-bond donors (Lipinski definition) is 0. The van der Waals surface area contributed by atoms with E-state index in [0.717, 1.165) is 51.5 Å². The predicted octanol–water partition coefficient (Wildman–Crippen LogP) is 4.11. The predicted molar refractivity (Wildman–Crippen MR) is 112 cm³/mol. The molecule has 1 saturated carbocycles. The molecule has 5 nitrogen and oxygen atoms in total. The number of hydrogen-bond acceptors (Lipinski definition) is 4. The number of piperidine rings is 1. The van der Waals surface area contributed by atoms with Crippen LogP contribution in [0.1, 0.15) is 47.2 Å². The van der Waals surface area contributed by atoms with E-state index in [2.05, 4.69) is 29.2 Å². The van der Waals surface area contributed by atoms with E-state index in [9.17, 15) is 4.79 Å². The highest BCUT2D eigenvalue weighted by Crippen LogP contribution is 2.29. The van der Waals surface area contributed by atoms with E-state index in [1.807, 2.05) is 4.90 Å². The number of benzene rings is 1. The minimum absolute atomic E-state index is 0.0640. The Hall–Kier alpha value is -2.40. The van der Waals surface area contributed by atoms with Gasteiger partial charge in [-0.3, -0.25) is 4.79 Å². The van der Waals surface area contributed by atoms with Gasteiger partial charge in [0.1, 0.15) is 0 Å². The second kappa shape index (κ2) is 9.40. The lowest BCUT2D eigenvalue weighted by molar-refractivity contribution is 0.0690. The van der Waals surface area contributed by atoms with Gasteiger partial charge in [-0.05, 0) is 61.1 Å². The third kappa shape index (κ3) is 5.57. The van der Waals surface area contributed by atoms with Gasteiger partial charge in [0, 0.05) is 32.0 Å². The molecule has 0 spiro atoms. The molecule has 2 aromatic rings. The Morgan fingerprint density at radius 2 is 1.72 bits per heavy atom. The molecule has 1 amide bonds. The van der Waals surface area contributed by atoms with Gasteiger partial charge in [-0.25, -0.2) is 4.98 Å². The second-order valence-corrected chi connectivity index (χ2v) is 8.30. The third-order valence-corrected chi connectivity index (χ3v) is 5.96. The van der Waals surface area contributed by atoms with Gasteiger partial charge in [0.05, 0.1) is 19.3 Å². The number of carbonyl (C=O) groups excluding carboxylic acids is 1. The van der Waals surface area contributed by atoms with Crippen molar-refractivity contribution in [2.45, 2.75) is 38.7 Å². The van der Waals surface area contributed by atoms with E-state index in [-0.39, 0.29) is 5.91 Å². The van der Waals surface area contributed by atoms with E-state index in [1.165, 1.54) is 24.0 Å². The molecule has 4 rings (SSSR count). The SMILES string of the molecule is COc1ccc(C(=O)N2CCC(Cc3ccc(COCC4CC4)cc3)CC2)cn1. The Morgan fingerprint density at radius 3 is 2.34 bits per heavy atom. The molecule has 0 atom stereocenters. The van der Waals surface area contributed by atoms with Gasteiger partial charge in [0.2, 0.25) is 5.88 Å². The summed E-state index contributed by atoms with van der Waals surface area (Å²) in [4.78, 5) is 18.8. The van der Waals surface area contributed by atoms with Crippen molar-refractivity contribution in [3.05, 3.63) is 59.3 Å².